The van der Waals surface area contributed by atoms with Gasteiger partial charge in [-0.1, -0.05) is 55.3 Å². The average molecular weight is 551 g/mol. The molecule has 216 valence electrons. The minimum atomic E-state index is -0.579. The number of rotatable bonds is 7. The van der Waals surface area contributed by atoms with Crippen LogP contribution in [0.2, 0.25) is 0 Å². The molecule has 6 atom stereocenters. The minimum absolute atomic E-state index is 0.286. The Labute approximate surface area is 237 Å². The van der Waals surface area contributed by atoms with E-state index in [1.807, 2.05) is 42.5 Å². The number of ether oxygens (including phenoxy) is 7. The highest BCUT2D eigenvalue weighted by Crippen LogP contribution is 2.52. The lowest BCUT2D eigenvalue weighted by Crippen LogP contribution is -2.62. The lowest BCUT2D eigenvalue weighted by molar-refractivity contribution is -0.229. The van der Waals surface area contributed by atoms with E-state index in [4.69, 9.17) is 33.2 Å². The maximum Gasteiger partial charge on any atom is 0.169 e. The molecular weight excluding hydrogens is 508 g/mol. The summed E-state index contributed by atoms with van der Waals surface area (Å²) in [5.41, 5.74) is 2.21. The van der Waals surface area contributed by atoms with Crippen LogP contribution in [0.5, 0.6) is 5.75 Å². The molecule has 2 aromatic rings. The van der Waals surface area contributed by atoms with E-state index in [0.29, 0.717) is 13.2 Å². The lowest BCUT2D eigenvalue weighted by Gasteiger charge is -2.42. The lowest BCUT2D eigenvalue weighted by atomic mass is 9.84. The van der Waals surface area contributed by atoms with Crippen LogP contribution in [0.3, 0.4) is 0 Å². The zero-order valence-electron chi connectivity index (χ0n) is 23.5. The Bertz CT molecular complexity index is 1070. The molecular formula is C33H42O7. The van der Waals surface area contributed by atoms with E-state index in [1.165, 1.54) is 12.8 Å². The van der Waals surface area contributed by atoms with E-state index >= 15 is 0 Å². The van der Waals surface area contributed by atoms with Gasteiger partial charge >= 0.3 is 0 Å². The van der Waals surface area contributed by atoms with Crippen molar-refractivity contribution in [3.8, 4) is 5.75 Å². The summed E-state index contributed by atoms with van der Waals surface area (Å²) in [5, 5.41) is 0. The molecule has 3 saturated carbocycles. The Hall–Kier alpha value is -2.00. The van der Waals surface area contributed by atoms with Crippen molar-refractivity contribution in [1.29, 1.82) is 0 Å². The van der Waals surface area contributed by atoms with Gasteiger partial charge in [-0.05, 0) is 48.9 Å². The first-order valence-corrected chi connectivity index (χ1v) is 15.3. The third-order valence-electron chi connectivity index (χ3n) is 9.46. The van der Waals surface area contributed by atoms with Gasteiger partial charge in [-0.15, -0.1) is 0 Å². The molecule has 2 spiro atoms. The Balaban J connectivity index is 1.19. The summed E-state index contributed by atoms with van der Waals surface area (Å²) in [5.74, 6) is -0.325. The van der Waals surface area contributed by atoms with Crippen LogP contribution in [0.25, 0.3) is 0 Å². The molecule has 0 radical (unpaired) electrons. The van der Waals surface area contributed by atoms with Crippen molar-refractivity contribution in [1.82, 2.24) is 0 Å². The highest BCUT2D eigenvalue weighted by Gasteiger charge is 2.66. The van der Waals surface area contributed by atoms with Gasteiger partial charge in [0.25, 0.3) is 0 Å². The van der Waals surface area contributed by atoms with Gasteiger partial charge in [0.2, 0.25) is 0 Å². The second kappa shape index (κ2) is 11.3. The van der Waals surface area contributed by atoms with E-state index < -0.39 is 11.6 Å². The zero-order chi connectivity index (χ0) is 27.0. The van der Waals surface area contributed by atoms with Crippen LogP contribution in [0.1, 0.15) is 75.3 Å². The van der Waals surface area contributed by atoms with Crippen LogP contribution in [0.4, 0.5) is 0 Å². The van der Waals surface area contributed by atoms with Crippen LogP contribution in [-0.2, 0) is 41.6 Å². The number of benzene rings is 2. The molecule has 40 heavy (non-hydrogen) atoms. The highest BCUT2D eigenvalue weighted by molar-refractivity contribution is 5.27. The molecule has 2 saturated heterocycles. The molecule has 7 nitrogen and oxygen atoms in total. The molecule has 5 aliphatic rings. The Morgan fingerprint density at radius 2 is 1.00 bits per heavy atom. The largest absolute Gasteiger partial charge is 0.497 e. The number of hydrogen-bond acceptors (Lipinski definition) is 7. The molecule has 2 heterocycles. The molecule has 0 aromatic heterocycles. The summed E-state index contributed by atoms with van der Waals surface area (Å²) in [6.07, 6.45) is 8.68. The van der Waals surface area contributed by atoms with Gasteiger partial charge in [-0.2, -0.15) is 0 Å². The van der Waals surface area contributed by atoms with Crippen LogP contribution >= 0.6 is 0 Å². The van der Waals surface area contributed by atoms with Crippen molar-refractivity contribution in [3.63, 3.8) is 0 Å². The molecule has 2 aromatic carbocycles. The first kappa shape index (κ1) is 26.9. The van der Waals surface area contributed by atoms with E-state index in [2.05, 4.69) is 12.1 Å². The Morgan fingerprint density at radius 3 is 1.43 bits per heavy atom. The summed E-state index contributed by atoms with van der Waals surface area (Å²) in [6, 6.07) is 18.4. The van der Waals surface area contributed by atoms with E-state index in [9.17, 15) is 0 Å². The van der Waals surface area contributed by atoms with E-state index in [0.717, 1.165) is 68.2 Å². The third-order valence-corrected chi connectivity index (χ3v) is 9.46. The van der Waals surface area contributed by atoms with Crippen molar-refractivity contribution < 1.29 is 33.2 Å². The van der Waals surface area contributed by atoms with Crippen LogP contribution < -0.4 is 4.74 Å². The van der Waals surface area contributed by atoms with Crippen molar-refractivity contribution in [2.24, 2.45) is 0 Å². The van der Waals surface area contributed by atoms with Crippen LogP contribution in [0, 0.1) is 0 Å². The van der Waals surface area contributed by atoms with Gasteiger partial charge in [-0.3, -0.25) is 0 Å². The standard InChI is InChI=1S/C33H42O7/c1-34-25-15-13-24(14-16-25)22-36-27-30-28(37-32(39-30)17-7-3-8-18-32)26(35-21-23-11-5-2-6-12-23)29-31(27)40-33(38-29)19-9-4-10-20-33/h2,5-6,11-16,26-31H,3-4,7-10,17-22H2,1H3/t26?,27?,28-,29-,30-,31+/m1/s1. The second-order valence-electron chi connectivity index (χ2n) is 12.2. The molecule has 2 unspecified atom stereocenters. The van der Waals surface area contributed by atoms with E-state index in [1.54, 1.807) is 7.11 Å². The Kier molecular flexibility index (Phi) is 7.62. The average Bonchev–Trinajstić information content (AvgIpc) is 3.54. The topological polar surface area (TPSA) is 64.6 Å². The fraction of sp³-hybridized carbons (Fsp3) is 0.636. The van der Waals surface area contributed by atoms with Gasteiger partial charge in [-0.25, -0.2) is 0 Å². The second-order valence-corrected chi connectivity index (χ2v) is 12.2. The fourth-order valence-electron chi connectivity index (χ4n) is 7.42. The van der Waals surface area contributed by atoms with Gasteiger partial charge in [0.1, 0.15) is 42.4 Å². The molecule has 7 heteroatoms. The van der Waals surface area contributed by atoms with Crippen LogP contribution in [0.15, 0.2) is 54.6 Å². The molecule has 3 aliphatic carbocycles. The summed E-state index contributed by atoms with van der Waals surface area (Å²) < 4.78 is 46.5. The minimum Gasteiger partial charge on any atom is -0.497 e. The third kappa shape index (κ3) is 5.21. The van der Waals surface area contributed by atoms with E-state index in [-0.39, 0.29) is 36.6 Å². The SMILES string of the molecule is COc1ccc(COC2[C@H]3OC4(CCCCC4)O[C@@H]3C(OCc3ccccc3)[C@H]3OC4(CCCCC4)O[C@@H]23)cc1. The monoisotopic (exact) mass is 550 g/mol. The highest BCUT2D eigenvalue weighted by atomic mass is 16.8. The van der Waals surface area contributed by atoms with Crippen molar-refractivity contribution in [3.05, 3.63) is 65.7 Å². The van der Waals surface area contributed by atoms with Crippen molar-refractivity contribution >= 4 is 0 Å². The number of fused-ring (bicyclic) bond motifs is 2. The van der Waals surface area contributed by atoms with Crippen molar-refractivity contribution in [2.75, 3.05) is 7.11 Å². The molecule has 0 N–H and O–H groups in total. The maximum absolute atomic E-state index is 6.91. The van der Waals surface area contributed by atoms with Crippen LogP contribution in [-0.4, -0.2) is 55.3 Å². The summed E-state index contributed by atoms with van der Waals surface area (Å²) in [7, 11) is 1.68. The normalized spacial score (nSPS) is 34.0. The fourth-order valence-corrected chi connectivity index (χ4v) is 7.42. The molecule has 0 bridgehead atoms. The molecule has 2 aliphatic heterocycles. The quantitative estimate of drug-likeness (QED) is 0.415. The zero-order valence-corrected chi connectivity index (χ0v) is 23.5. The van der Waals surface area contributed by atoms with Crippen molar-refractivity contribution in [2.45, 2.75) is 126 Å². The number of hydrogen-bond donors (Lipinski definition) is 0. The van der Waals surface area contributed by atoms with Gasteiger partial charge < -0.3 is 33.2 Å². The summed E-state index contributed by atoms with van der Waals surface area (Å²) in [4.78, 5) is 0. The molecule has 5 fully saturated rings. The summed E-state index contributed by atoms with van der Waals surface area (Å²) in [6.45, 7) is 0.936. The predicted octanol–water partition coefficient (Wildman–Crippen LogP) is 6.07. The van der Waals surface area contributed by atoms with Gasteiger partial charge in [0.15, 0.2) is 11.6 Å². The Morgan fingerprint density at radius 1 is 0.575 bits per heavy atom. The first-order chi connectivity index (χ1) is 19.7. The van der Waals surface area contributed by atoms with Gasteiger partial charge in [0.05, 0.1) is 20.3 Å². The smallest absolute Gasteiger partial charge is 0.169 e. The summed E-state index contributed by atoms with van der Waals surface area (Å²) >= 11 is 0. The number of methoxy groups -OCH3 is 1. The first-order valence-electron chi connectivity index (χ1n) is 15.3. The van der Waals surface area contributed by atoms with Gasteiger partial charge in [0, 0.05) is 25.7 Å². The predicted molar refractivity (Wildman–Crippen MR) is 148 cm³/mol. The molecule has 7 rings (SSSR count). The molecule has 0 amide bonds. The maximum atomic E-state index is 6.91.